The summed E-state index contributed by atoms with van der Waals surface area (Å²) in [6, 6.07) is 0. The summed E-state index contributed by atoms with van der Waals surface area (Å²) in [6.07, 6.45) is 2.06. The van der Waals surface area contributed by atoms with Crippen LogP contribution in [-0.2, 0) is 14.3 Å². The van der Waals surface area contributed by atoms with Crippen molar-refractivity contribution in [1.82, 2.24) is 0 Å². The Hall–Kier alpha value is -0.640. The Morgan fingerprint density at radius 1 is 1.50 bits per heavy atom. The van der Waals surface area contributed by atoms with E-state index in [1.165, 1.54) is 0 Å². The van der Waals surface area contributed by atoms with E-state index in [4.69, 9.17) is 4.74 Å². The minimum atomic E-state index is -0.491. The van der Waals surface area contributed by atoms with Gasteiger partial charge in [-0.1, -0.05) is 22.5 Å². The van der Waals surface area contributed by atoms with Crippen LogP contribution in [0.4, 0.5) is 0 Å². The molecule has 0 saturated heterocycles. The molecule has 0 rings (SSSR count). The number of carbonyl (C=O) groups is 2. The number of rotatable bonds is 6. The minimum absolute atomic E-state index is 0.104. The molecule has 0 radical (unpaired) electrons. The van der Waals surface area contributed by atoms with E-state index in [1.807, 2.05) is 0 Å². The summed E-state index contributed by atoms with van der Waals surface area (Å²) in [6.45, 7) is 7.12. The van der Waals surface area contributed by atoms with Crippen molar-refractivity contribution in [1.29, 1.82) is 0 Å². The van der Waals surface area contributed by atoms with Gasteiger partial charge in [-0.05, 0) is 20.3 Å². The molecule has 0 bridgehead atoms. The van der Waals surface area contributed by atoms with Gasteiger partial charge in [0.05, 0.1) is 10.9 Å². The molecular weight excluding hydrogens is 248 g/mol. The zero-order chi connectivity index (χ0) is 11.2. The van der Waals surface area contributed by atoms with Crippen LogP contribution in [0.1, 0.15) is 26.7 Å². The molecule has 0 saturated carbocycles. The highest BCUT2D eigenvalue weighted by Crippen LogP contribution is 2.19. The first-order valence-electron chi connectivity index (χ1n) is 4.39. The van der Waals surface area contributed by atoms with Gasteiger partial charge in [-0.25, -0.2) is 4.79 Å². The van der Waals surface area contributed by atoms with E-state index in [9.17, 15) is 9.59 Å². The van der Waals surface area contributed by atoms with Crippen molar-refractivity contribution >= 4 is 27.7 Å². The molecule has 0 fully saturated rings. The van der Waals surface area contributed by atoms with Crippen LogP contribution in [0, 0.1) is 0 Å². The third kappa shape index (κ3) is 5.91. The van der Waals surface area contributed by atoms with Gasteiger partial charge in [-0.3, -0.25) is 4.79 Å². The van der Waals surface area contributed by atoms with E-state index in [1.54, 1.807) is 13.8 Å². The molecule has 3 nitrogen and oxygen atoms in total. The van der Waals surface area contributed by atoms with Crippen LogP contribution >= 0.6 is 15.9 Å². The fourth-order valence-electron chi connectivity index (χ4n) is 0.762. The number of hydrogen-bond acceptors (Lipinski definition) is 3. The number of ether oxygens (including phenoxy) is 1. The first kappa shape index (κ1) is 13.4. The van der Waals surface area contributed by atoms with Crippen molar-refractivity contribution in [2.75, 3.05) is 6.61 Å². The Labute approximate surface area is 92.6 Å². The molecule has 0 amide bonds. The second kappa shape index (κ2) is 5.96. The molecule has 0 N–H and O–H groups in total. The highest BCUT2D eigenvalue weighted by molar-refractivity contribution is 9.10. The number of alkyl halides is 1. The van der Waals surface area contributed by atoms with Crippen molar-refractivity contribution in [3.05, 3.63) is 12.7 Å². The molecular formula is C10H15BrO3. The Morgan fingerprint density at radius 3 is 2.50 bits per heavy atom. The summed E-state index contributed by atoms with van der Waals surface area (Å²) < 4.78 is 4.24. The lowest BCUT2D eigenvalue weighted by Gasteiger charge is -2.13. The standard InChI is InChI=1S/C10H15BrO3/c1-4-9(13)14-7-5-6-8(12)10(2,3)11/h4H,1,5-7H2,2-3H3. The second-order valence-electron chi connectivity index (χ2n) is 3.37. The van der Waals surface area contributed by atoms with Gasteiger partial charge in [0.1, 0.15) is 5.78 Å². The molecule has 0 heterocycles. The smallest absolute Gasteiger partial charge is 0.330 e. The predicted molar refractivity (Wildman–Crippen MR) is 58.4 cm³/mol. The number of hydrogen-bond donors (Lipinski definition) is 0. The molecule has 0 aliphatic heterocycles. The van der Waals surface area contributed by atoms with E-state index in [-0.39, 0.29) is 12.4 Å². The first-order chi connectivity index (χ1) is 6.38. The van der Waals surface area contributed by atoms with Gasteiger partial charge >= 0.3 is 5.97 Å². The molecule has 0 aliphatic rings. The zero-order valence-corrected chi connectivity index (χ0v) is 10.1. The zero-order valence-electron chi connectivity index (χ0n) is 8.51. The number of esters is 1. The molecule has 14 heavy (non-hydrogen) atoms. The van der Waals surface area contributed by atoms with E-state index in [0.29, 0.717) is 12.8 Å². The van der Waals surface area contributed by atoms with E-state index in [2.05, 4.69) is 22.5 Å². The number of ketones is 1. The predicted octanol–water partition coefficient (Wildman–Crippen LogP) is 2.24. The highest BCUT2D eigenvalue weighted by atomic mass is 79.9. The van der Waals surface area contributed by atoms with Crippen LogP contribution in [0.25, 0.3) is 0 Å². The van der Waals surface area contributed by atoms with E-state index < -0.39 is 10.3 Å². The molecule has 0 aromatic heterocycles. The average Bonchev–Trinajstić information content (AvgIpc) is 2.09. The summed E-state index contributed by atoms with van der Waals surface area (Å²) in [5.41, 5.74) is 0. The summed E-state index contributed by atoms with van der Waals surface area (Å²) in [5.74, 6) is -0.345. The summed E-state index contributed by atoms with van der Waals surface area (Å²) in [7, 11) is 0. The monoisotopic (exact) mass is 262 g/mol. The van der Waals surface area contributed by atoms with Gasteiger partial charge < -0.3 is 4.74 Å². The van der Waals surface area contributed by atoms with Crippen LogP contribution in [0.15, 0.2) is 12.7 Å². The maximum absolute atomic E-state index is 11.4. The molecule has 4 heteroatoms. The van der Waals surface area contributed by atoms with Crippen LogP contribution in [0.5, 0.6) is 0 Å². The summed E-state index contributed by atoms with van der Waals surface area (Å²) in [5, 5.41) is 0. The SMILES string of the molecule is C=CC(=O)OCCCC(=O)C(C)(C)Br. The third-order valence-electron chi connectivity index (χ3n) is 1.62. The van der Waals surface area contributed by atoms with Gasteiger partial charge in [0.15, 0.2) is 0 Å². The van der Waals surface area contributed by atoms with Crippen LogP contribution in [-0.4, -0.2) is 22.7 Å². The Balaban J connectivity index is 3.61. The first-order valence-corrected chi connectivity index (χ1v) is 5.18. The van der Waals surface area contributed by atoms with Gasteiger partial charge in [0.2, 0.25) is 0 Å². The summed E-state index contributed by atoms with van der Waals surface area (Å²) in [4.78, 5) is 22.0. The van der Waals surface area contributed by atoms with E-state index in [0.717, 1.165) is 6.08 Å². The average molecular weight is 263 g/mol. The fraction of sp³-hybridized carbons (Fsp3) is 0.600. The van der Waals surface area contributed by atoms with Crippen molar-refractivity contribution in [2.45, 2.75) is 31.0 Å². The number of Topliss-reactive ketones (excluding diaryl/α,β-unsaturated/α-hetero) is 1. The fourth-order valence-corrected chi connectivity index (χ4v) is 0.960. The quantitative estimate of drug-likeness (QED) is 0.319. The minimum Gasteiger partial charge on any atom is -0.463 e. The maximum Gasteiger partial charge on any atom is 0.330 e. The van der Waals surface area contributed by atoms with Crippen molar-refractivity contribution in [2.24, 2.45) is 0 Å². The third-order valence-corrected chi connectivity index (χ3v) is 2.06. The van der Waals surface area contributed by atoms with Gasteiger partial charge in [-0.15, -0.1) is 0 Å². The van der Waals surface area contributed by atoms with E-state index >= 15 is 0 Å². The molecule has 0 aromatic carbocycles. The Kier molecular flexibility index (Phi) is 5.69. The Morgan fingerprint density at radius 2 is 2.07 bits per heavy atom. The molecule has 0 aromatic rings. The molecule has 0 atom stereocenters. The van der Waals surface area contributed by atoms with Crippen LogP contribution < -0.4 is 0 Å². The second-order valence-corrected chi connectivity index (χ2v) is 5.35. The number of halogens is 1. The van der Waals surface area contributed by atoms with Gasteiger partial charge in [0, 0.05) is 12.5 Å². The van der Waals surface area contributed by atoms with Crippen molar-refractivity contribution < 1.29 is 14.3 Å². The van der Waals surface area contributed by atoms with Crippen molar-refractivity contribution in [3.63, 3.8) is 0 Å². The van der Waals surface area contributed by atoms with Crippen molar-refractivity contribution in [3.8, 4) is 0 Å². The number of carbonyl (C=O) groups excluding carboxylic acids is 2. The Bertz CT molecular complexity index is 228. The summed E-state index contributed by atoms with van der Waals surface area (Å²) >= 11 is 3.27. The normalized spacial score (nSPS) is 10.8. The topological polar surface area (TPSA) is 43.4 Å². The largest absolute Gasteiger partial charge is 0.463 e. The van der Waals surface area contributed by atoms with Gasteiger partial charge in [0.25, 0.3) is 0 Å². The van der Waals surface area contributed by atoms with Crippen LogP contribution in [0.3, 0.4) is 0 Å². The lowest BCUT2D eigenvalue weighted by Crippen LogP contribution is -2.24. The lowest BCUT2D eigenvalue weighted by molar-refractivity contribution is -0.138. The molecule has 80 valence electrons. The molecule has 0 unspecified atom stereocenters. The molecule has 0 aliphatic carbocycles. The molecule has 0 spiro atoms. The van der Waals surface area contributed by atoms with Gasteiger partial charge in [-0.2, -0.15) is 0 Å². The maximum atomic E-state index is 11.4. The van der Waals surface area contributed by atoms with Crippen LogP contribution in [0.2, 0.25) is 0 Å². The lowest BCUT2D eigenvalue weighted by atomic mass is 10.0. The highest BCUT2D eigenvalue weighted by Gasteiger charge is 2.22.